The van der Waals surface area contributed by atoms with E-state index in [1.54, 1.807) is 24.3 Å². The Morgan fingerprint density at radius 3 is 2.37 bits per heavy atom. The molecule has 0 saturated carbocycles. The van der Waals surface area contributed by atoms with E-state index in [1.807, 2.05) is 36.4 Å². The summed E-state index contributed by atoms with van der Waals surface area (Å²) in [6, 6.07) is 17.4. The maximum Gasteiger partial charge on any atom is 0.410 e. The normalized spacial score (nSPS) is 19.4. The highest BCUT2D eigenvalue weighted by Gasteiger charge is 2.37. The number of carbonyl (C=O) groups excluding carboxylic acids is 2. The molecule has 2 atom stereocenters. The summed E-state index contributed by atoms with van der Waals surface area (Å²) in [5.74, 6) is -0.460. The number of hydrogen-bond acceptors (Lipinski definition) is 5. The summed E-state index contributed by atoms with van der Waals surface area (Å²) in [5.41, 5.74) is 1.33. The molecule has 27 heavy (non-hydrogen) atoms. The number of aliphatic hydroxyl groups is 1. The Balaban J connectivity index is 1.62. The monoisotopic (exact) mass is 369 g/mol. The van der Waals surface area contributed by atoms with Crippen LogP contribution in [0.5, 0.6) is 0 Å². The molecule has 1 fully saturated rings. The maximum atomic E-state index is 12.5. The lowest BCUT2D eigenvalue weighted by molar-refractivity contribution is -0.0375. The first kappa shape index (κ1) is 18.9. The number of hydrogen-bond donors (Lipinski definition) is 1. The van der Waals surface area contributed by atoms with E-state index in [-0.39, 0.29) is 13.2 Å². The van der Waals surface area contributed by atoms with Crippen molar-refractivity contribution in [3.63, 3.8) is 0 Å². The van der Waals surface area contributed by atoms with Gasteiger partial charge in [-0.1, -0.05) is 48.5 Å². The molecule has 1 N–H and O–H groups in total. The standard InChI is InChI=1S/C21H23NO5/c23-14-18-19(27-20(24)17-10-5-2-6-11-17)12-7-13-22(18)21(25)26-15-16-8-3-1-4-9-16/h1-6,8-11,18-19,23H,7,12-15H2/t18-,19-/m0/s1. The van der Waals surface area contributed by atoms with Crippen molar-refractivity contribution in [2.24, 2.45) is 0 Å². The number of amides is 1. The lowest BCUT2D eigenvalue weighted by atomic mass is 9.99. The molecule has 1 saturated heterocycles. The minimum Gasteiger partial charge on any atom is -0.456 e. The summed E-state index contributed by atoms with van der Waals surface area (Å²) in [6.45, 7) is 0.314. The third-order valence-corrected chi connectivity index (χ3v) is 4.61. The van der Waals surface area contributed by atoms with E-state index >= 15 is 0 Å². The molecule has 0 radical (unpaired) electrons. The van der Waals surface area contributed by atoms with Gasteiger partial charge < -0.3 is 14.6 Å². The highest BCUT2D eigenvalue weighted by molar-refractivity contribution is 5.89. The predicted octanol–water partition coefficient (Wildman–Crippen LogP) is 3.01. The average Bonchev–Trinajstić information content (AvgIpc) is 2.73. The molecule has 2 aromatic rings. The summed E-state index contributed by atoms with van der Waals surface area (Å²) < 4.78 is 10.9. The van der Waals surface area contributed by atoms with Crippen LogP contribution < -0.4 is 0 Å². The van der Waals surface area contributed by atoms with E-state index in [9.17, 15) is 14.7 Å². The number of ether oxygens (including phenoxy) is 2. The van der Waals surface area contributed by atoms with Gasteiger partial charge in [-0.15, -0.1) is 0 Å². The molecule has 6 nitrogen and oxygen atoms in total. The molecule has 1 heterocycles. The van der Waals surface area contributed by atoms with Crippen molar-refractivity contribution in [3.8, 4) is 0 Å². The molecule has 3 rings (SSSR count). The smallest absolute Gasteiger partial charge is 0.410 e. The van der Waals surface area contributed by atoms with Gasteiger partial charge in [-0.25, -0.2) is 9.59 Å². The van der Waals surface area contributed by atoms with Gasteiger partial charge in [0.05, 0.1) is 18.2 Å². The van der Waals surface area contributed by atoms with Crippen LogP contribution in [-0.4, -0.2) is 47.4 Å². The number of esters is 1. The zero-order valence-electron chi connectivity index (χ0n) is 15.0. The number of carbonyl (C=O) groups is 2. The van der Waals surface area contributed by atoms with E-state index in [1.165, 1.54) is 4.90 Å². The molecule has 2 aromatic carbocycles. The van der Waals surface area contributed by atoms with Crippen molar-refractivity contribution in [2.75, 3.05) is 13.2 Å². The average molecular weight is 369 g/mol. The highest BCUT2D eigenvalue weighted by atomic mass is 16.6. The Kier molecular flexibility index (Phi) is 6.44. The Bertz CT molecular complexity index is 750. The second-order valence-electron chi connectivity index (χ2n) is 6.44. The number of rotatable bonds is 5. The van der Waals surface area contributed by atoms with Crippen molar-refractivity contribution >= 4 is 12.1 Å². The van der Waals surface area contributed by atoms with Gasteiger partial charge in [0.25, 0.3) is 0 Å². The summed E-state index contributed by atoms with van der Waals surface area (Å²) >= 11 is 0. The van der Waals surface area contributed by atoms with Crippen molar-refractivity contribution < 1.29 is 24.2 Å². The summed E-state index contributed by atoms with van der Waals surface area (Å²) in [6.07, 6.45) is 0.176. The quantitative estimate of drug-likeness (QED) is 0.820. The van der Waals surface area contributed by atoms with Gasteiger partial charge in [0.15, 0.2) is 0 Å². The summed E-state index contributed by atoms with van der Waals surface area (Å²) in [7, 11) is 0. The summed E-state index contributed by atoms with van der Waals surface area (Å²) in [4.78, 5) is 26.3. The molecule has 1 aliphatic rings. The highest BCUT2D eigenvalue weighted by Crippen LogP contribution is 2.23. The van der Waals surface area contributed by atoms with Crippen LogP contribution in [-0.2, 0) is 16.1 Å². The number of likely N-dealkylation sites (tertiary alicyclic amines) is 1. The molecular weight excluding hydrogens is 346 g/mol. The topological polar surface area (TPSA) is 76.1 Å². The van der Waals surface area contributed by atoms with Crippen LogP contribution in [0.2, 0.25) is 0 Å². The summed E-state index contributed by atoms with van der Waals surface area (Å²) in [5, 5.41) is 9.81. The van der Waals surface area contributed by atoms with Gasteiger partial charge in [0.1, 0.15) is 12.7 Å². The first-order valence-electron chi connectivity index (χ1n) is 9.03. The third-order valence-electron chi connectivity index (χ3n) is 4.61. The second kappa shape index (κ2) is 9.19. The van der Waals surface area contributed by atoms with Crippen LogP contribution in [0.4, 0.5) is 4.79 Å². The van der Waals surface area contributed by atoms with Gasteiger partial charge in [-0.3, -0.25) is 4.90 Å². The first-order valence-corrected chi connectivity index (χ1v) is 9.03. The molecule has 1 amide bonds. The number of piperidine rings is 1. The molecule has 0 aromatic heterocycles. The fourth-order valence-corrected chi connectivity index (χ4v) is 3.18. The number of aliphatic hydroxyl groups excluding tert-OH is 1. The number of benzene rings is 2. The van der Waals surface area contributed by atoms with E-state index in [0.29, 0.717) is 24.9 Å². The lowest BCUT2D eigenvalue weighted by Gasteiger charge is -2.38. The minimum atomic E-state index is -0.616. The van der Waals surface area contributed by atoms with Gasteiger partial charge in [0.2, 0.25) is 0 Å². The molecule has 0 spiro atoms. The van der Waals surface area contributed by atoms with Crippen LogP contribution in [0.1, 0.15) is 28.8 Å². The zero-order valence-corrected chi connectivity index (χ0v) is 15.0. The van der Waals surface area contributed by atoms with Gasteiger partial charge in [-0.05, 0) is 30.5 Å². The van der Waals surface area contributed by atoms with E-state index < -0.39 is 24.2 Å². The van der Waals surface area contributed by atoms with E-state index in [2.05, 4.69) is 0 Å². The fourth-order valence-electron chi connectivity index (χ4n) is 3.18. The molecule has 142 valence electrons. The first-order chi connectivity index (χ1) is 13.2. The molecule has 0 unspecified atom stereocenters. The SMILES string of the molecule is O=C(O[C@H]1CCCN(C(=O)OCc2ccccc2)[C@H]1CO)c1ccccc1. The van der Waals surface area contributed by atoms with Crippen molar-refractivity contribution in [1.29, 1.82) is 0 Å². The van der Waals surface area contributed by atoms with Gasteiger partial charge in [-0.2, -0.15) is 0 Å². The number of nitrogens with zero attached hydrogens (tertiary/aromatic N) is 1. The molecule has 0 aliphatic carbocycles. The minimum absolute atomic E-state index is 0.156. The van der Waals surface area contributed by atoms with Crippen LogP contribution in [0.15, 0.2) is 60.7 Å². The lowest BCUT2D eigenvalue weighted by Crippen LogP contribution is -2.54. The van der Waals surface area contributed by atoms with E-state index in [0.717, 1.165) is 5.56 Å². The fraction of sp³-hybridized carbons (Fsp3) is 0.333. The van der Waals surface area contributed by atoms with Crippen LogP contribution in [0.3, 0.4) is 0 Å². The predicted molar refractivity (Wildman–Crippen MR) is 99.1 cm³/mol. The maximum absolute atomic E-state index is 12.5. The Morgan fingerprint density at radius 2 is 1.70 bits per heavy atom. The molecular formula is C21H23NO5. The van der Waals surface area contributed by atoms with Crippen LogP contribution in [0, 0.1) is 0 Å². The molecule has 6 heteroatoms. The molecule has 1 aliphatic heterocycles. The van der Waals surface area contributed by atoms with Crippen molar-refractivity contribution in [1.82, 2.24) is 4.90 Å². The van der Waals surface area contributed by atoms with E-state index in [4.69, 9.17) is 9.47 Å². The van der Waals surface area contributed by atoms with Crippen LogP contribution in [0.25, 0.3) is 0 Å². The van der Waals surface area contributed by atoms with Gasteiger partial charge >= 0.3 is 12.1 Å². The van der Waals surface area contributed by atoms with Crippen molar-refractivity contribution in [2.45, 2.75) is 31.6 Å². The van der Waals surface area contributed by atoms with Gasteiger partial charge in [0, 0.05) is 6.54 Å². The Labute approximate surface area is 158 Å². The largest absolute Gasteiger partial charge is 0.456 e. The Morgan fingerprint density at radius 1 is 1.04 bits per heavy atom. The van der Waals surface area contributed by atoms with Crippen molar-refractivity contribution in [3.05, 3.63) is 71.8 Å². The Hall–Kier alpha value is -2.86. The third kappa shape index (κ3) is 4.86. The zero-order chi connectivity index (χ0) is 19.1. The second-order valence-corrected chi connectivity index (χ2v) is 6.44. The van der Waals surface area contributed by atoms with Crippen LogP contribution >= 0.6 is 0 Å². The molecule has 0 bridgehead atoms.